The fourth-order valence-electron chi connectivity index (χ4n) is 1.94. The van der Waals surface area contributed by atoms with Crippen molar-refractivity contribution in [2.45, 2.75) is 20.0 Å². The molecule has 1 amide bonds. The van der Waals surface area contributed by atoms with Crippen molar-refractivity contribution in [2.24, 2.45) is 5.84 Å². The summed E-state index contributed by atoms with van der Waals surface area (Å²) in [5.41, 5.74) is 2.87. The molecule has 0 aromatic carbocycles. The molecule has 0 radical (unpaired) electrons. The summed E-state index contributed by atoms with van der Waals surface area (Å²) in [6, 6.07) is 3.97. The third kappa shape index (κ3) is 3.69. The van der Waals surface area contributed by atoms with E-state index in [-0.39, 0.29) is 5.76 Å². The molecule has 0 bridgehead atoms. The van der Waals surface area contributed by atoms with Gasteiger partial charge in [0.25, 0.3) is 0 Å². The first-order valence-electron chi connectivity index (χ1n) is 6.01. The van der Waals surface area contributed by atoms with Crippen molar-refractivity contribution >= 4 is 33.2 Å². The van der Waals surface area contributed by atoms with E-state index in [9.17, 15) is 4.79 Å². The van der Waals surface area contributed by atoms with Gasteiger partial charge in [0.2, 0.25) is 0 Å². The molecule has 20 heavy (non-hydrogen) atoms. The number of nitrogen functional groups attached to an aromatic ring is 1. The number of hydrogen-bond acceptors (Lipinski definition) is 5. The van der Waals surface area contributed by atoms with Crippen LogP contribution in [0.25, 0.3) is 0 Å². The monoisotopic (exact) mass is 357 g/mol. The van der Waals surface area contributed by atoms with E-state index in [0.29, 0.717) is 6.54 Å². The predicted octanol–water partition coefficient (Wildman–Crippen LogP) is 2.65. The number of carbonyl (C=O) groups excluding carboxylic acids is 1. The van der Waals surface area contributed by atoms with Crippen LogP contribution < -0.4 is 11.3 Å². The Bertz CT molecular complexity index is 609. The topological polar surface area (TPSA) is 71.5 Å². The highest BCUT2D eigenvalue weighted by Gasteiger charge is 2.15. The Kier molecular flexibility index (Phi) is 4.98. The Morgan fingerprint density at radius 2 is 2.25 bits per heavy atom. The smallest absolute Gasteiger partial charge is 0.301 e. The van der Waals surface area contributed by atoms with Gasteiger partial charge in [-0.25, -0.2) is 5.84 Å². The number of furan rings is 1. The molecule has 3 N–H and O–H groups in total. The van der Waals surface area contributed by atoms with Gasteiger partial charge in [0.1, 0.15) is 5.76 Å². The molecule has 0 fully saturated rings. The van der Waals surface area contributed by atoms with Crippen LogP contribution in [-0.4, -0.2) is 17.9 Å². The van der Waals surface area contributed by atoms with Gasteiger partial charge in [-0.15, -0.1) is 11.3 Å². The quantitative estimate of drug-likeness (QED) is 0.490. The molecule has 0 atom stereocenters. The van der Waals surface area contributed by atoms with Gasteiger partial charge in [-0.1, -0.05) is 0 Å². The number of thiophene rings is 1. The second-order valence-corrected chi connectivity index (χ2v) is 6.51. The molecule has 5 nitrogen and oxygen atoms in total. The van der Waals surface area contributed by atoms with Crippen LogP contribution in [-0.2, 0) is 13.1 Å². The summed E-state index contributed by atoms with van der Waals surface area (Å²) in [5.74, 6) is 5.73. The van der Waals surface area contributed by atoms with E-state index in [1.807, 2.05) is 20.0 Å². The number of aryl methyl sites for hydroxylation is 1. The number of carbonyl (C=O) groups is 1. The Labute approximate surface area is 129 Å². The molecule has 2 aromatic rings. The molecule has 2 heterocycles. The van der Waals surface area contributed by atoms with E-state index in [2.05, 4.69) is 37.7 Å². The number of rotatable bonds is 5. The molecule has 0 aliphatic heterocycles. The summed E-state index contributed by atoms with van der Waals surface area (Å²) < 4.78 is 6.64. The largest absolute Gasteiger partial charge is 0.454 e. The summed E-state index contributed by atoms with van der Waals surface area (Å²) in [6.45, 7) is 3.29. The lowest BCUT2D eigenvalue weighted by Crippen LogP contribution is -2.30. The molecule has 0 spiro atoms. The number of halogens is 1. The van der Waals surface area contributed by atoms with Crippen LogP contribution in [0.2, 0.25) is 0 Å². The van der Waals surface area contributed by atoms with Crippen molar-refractivity contribution in [1.29, 1.82) is 0 Å². The highest BCUT2D eigenvalue weighted by atomic mass is 79.9. The molecule has 108 valence electrons. The van der Waals surface area contributed by atoms with Gasteiger partial charge < -0.3 is 4.42 Å². The maximum Gasteiger partial charge on any atom is 0.301 e. The van der Waals surface area contributed by atoms with Crippen molar-refractivity contribution in [3.05, 3.63) is 43.9 Å². The van der Waals surface area contributed by atoms with Crippen LogP contribution in [0.5, 0.6) is 0 Å². The minimum absolute atomic E-state index is 0.273. The summed E-state index contributed by atoms with van der Waals surface area (Å²) in [7, 11) is 2.01. The fourth-order valence-corrected chi connectivity index (χ4v) is 3.47. The van der Waals surface area contributed by atoms with E-state index in [1.54, 1.807) is 11.3 Å². The zero-order chi connectivity index (χ0) is 14.7. The van der Waals surface area contributed by atoms with Crippen LogP contribution in [0.1, 0.15) is 26.8 Å². The Morgan fingerprint density at radius 1 is 1.50 bits per heavy atom. The van der Waals surface area contributed by atoms with E-state index in [1.165, 1.54) is 4.88 Å². The lowest BCUT2D eigenvalue weighted by Gasteiger charge is -2.13. The minimum atomic E-state index is -0.404. The summed E-state index contributed by atoms with van der Waals surface area (Å²) in [5, 5.41) is 2.06. The molecule has 7 heteroatoms. The molecule has 0 aliphatic carbocycles. The van der Waals surface area contributed by atoms with Crippen LogP contribution in [0, 0.1) is 6.92 Å². The highest BCUT2D eigenvalue weighted by molar-refractivity contribution is 9.10. The average molecular weight is 358 g/mol. The number of nitrogens with two attached hydrogens (primary N) is 1. The second kappa shape index (κ2) is 6.53. The zero-order valence-corrected chi connectivity index (χ0v) is 13.7. The summed E-state index contributed by atoms with van der Waals surface area (Å²) in [6.07, 6.45) is 0. The van der Waals surface area contributed by atoms with E-state index < -0.39 is 5.91 Å². The number of nitrogens with zero attached hydrogens (tertiary/aromatic N) is 1. The third-order valence-corrected chi connectivity index (χ3v) is 4.46. The van der Waals surface area contributed by atoms with Crippen LogP contribution in [0.3, 0.4) is 0 Å². The fraction of sp³-hybridized carbons (Fsp3) is 0.308. The van der Waals surface area contributed by atoms with Gasteiger partial charge in [0.15, 0.2) is 5.76 Å². The van der Waals surface area contributed by atoms with Crippen molar-refractivity contribution in [3.8, 4) is 0 Å². The van der Waals surface area contributed by atoms with Crippen molar-refractivity contribution in [3.63, 3.8) is 0 Å². The third-order valence-electron chi connectivity index (χ3n) is 2.78. The molecule has 0 unspecified atom stereocenters. The highest BCUT2D eigenvalue weighted by Crippen LogP contribution is 2.22. The molecule has 0 aliphatic rings. The molecule has 2 rings (SSSR count). The second-order valence-electron chi connectivity index (χ2n) is 4.60. The SMILES string of the molecule is Cc1cc(CN(C)Cc2cc(Br)cs2)oc1C(=O)NN. The van der Waals surface area contributed by atoms with Gasteiger partial charge in [0.05, 0.1) is 6.54 Å². The Hall–Kier alpha value is -1.15. The summed E-state index contributed by atoms with van der Waals surface area (Å²) >= 11 is 5.15. The van der Waals surface area contributed by atoms with Gasteiger partial charge in [0, 0.05) is 26.8 Å². The molecule has 2 aromatic heterocycles. The minimum Gasteiger partial charge on any atom is -0.454 e. The van der Waals surface area contributed by atoms with Crippen molar-refractivity contribution in [1.82, 2.24) is 10.3 Å². The summed E-state index contributed by atoms with van der Waals surface area (Å²) in [4.78, 5) is 14.9. The van der Waals surface area contributed by atoms with E-state index >= 15 is 0 Å². The Morgan fingerprint density at radius 3 is 2.85 bits per heavy atom. The first kappa shape index (κ1) is 15.2. The zero-order valence-electron chi connectivity index (χ0n) is 11.3. The lowest BCUT2D eigenvalue weighted by molar-refractivity contribution is 0.0921. The lowest BCUT2D eigenvalue weighted by atomic mass is 10.2. The van der Waals surface area contributed by atoms with Crippen LogP contribution in [0.4, 0.5) is 0 Å². The van der Waals surface area contributed by atoms with Crippen molar-refractivity contribution < 1.29 is 9.21 Å². The molecule has 0 saturated carbocycles. The van der Waals surface area contributed by atoms with Gasteiger partial charge in [-0.2, -0.15) is 0 Å². The first-order chi connectivity index (χ1) is 9.49. The normalized spacial score (nSPS) is 11.1. The molecular weight excluding hydrogens is 342 g/mol. The van der Waals surface area contributed by atoms with Gasteiger partial charge >= 0.3 is 5.91 Å². The maximum absolute atomic E-state index is 11.5. The van der Waals surface area contributed by atoms with E-state index in [4.69, 9.17) is 10.3 Å². The van der Waals surface area contributed by atoms with Crippen LogP contribution >= 0.6 is 27.3 Å². The number of amides is 1. The number of nitrogens with one attached hydrogen (secondary N) is 1. The van der Waals surface area contributed by atoms with Gasteiger partial charge in [-0.3, -0.25) is 15.1 Å². The first-order valence-corrected chi connectivity index (χ1v) is 7.68. The van der Waals surface area contributed by atoms with Gasteiger partial charge in [-0.05, 0) is 42.0 Å². The van der Waals surface area contributed by atoms with E-state index in [0.717, 1.165) is 22.3 Å². The predicted molar refractivity (Wildman–Crippen MR) is 82.3 cm³/mol. The average Bonchev–Trinajstić information content (AvgIpc) is 2.94. The van der Waals surface area contributed by atoms with Crippen LogP contribution in [0.15, 0.2) is 26.4 Å². The number of hydrazine groups is 1. The molecule has 0 saturated heterocycles. The Balaban J connectivity index is 2.01. The van der Waals surface area contributed by atoms with Crippen molar-refractivity contribution in [2.75, 3.05) is 7.05 Å². The molecular formula is C13H16BrN3O2S. The number of hydrogen-bond donors (Lipinski definition) is 2. The maximum atomic E-state index is 11.5. The standard InChI is InChI=1S/C13H16BrN3O2S/c1-8-3-10(19-12(8)13(18)16-15)5-17(2)6-11-4-9(14)7-20-11/h3-4,7H,5-6,15H2,1-2H3,(H,16,18).